The molecule has 0 aliphatic heterocycles. The Bertz CT molecular complexity index is 684. The molecule has 0 saturated carbocycles. The fraction of sp³-hybridized carbons (Fsp3) is 0.231. The number of aromatic nitrogens is 2. The van der Waals surface area contributed by atoms with Gasteiger partial charge in [-0.3, -0.25) is 14.9 Å². The zero-order chi connectivity index (χ0) is 15.4. The molecule has 0 atom stereocenters. The van der Waals surface area contributed by atoms with E-state index in [4.69, 9.17) is 0 Å². The Hall–Kier alpha value is -2.22. The molecular weight excluding hydrogens is 340 g/mol. The molecule has 2 heterocycles. The fourth-order valence-electron chi connectivity index (χ4n) is 1.88. The summed E-state index contributed by atoms with van der Waals surface area (Å²) in [5.41, 5.74) is 0.660. The number of anilines is 1. The summed E-state index contributed by atoms with van der Waals surface area (Å²) in [5.74, 6) is -0.412. The molecule has 7 nitrogen and oxygen atoms in total. The molecule has 0 bridgehead atoms. The van der Waals surface area contributed by atoms with Crippen LogP contribution in [0, 0.1) is 10.1 Å². The van der Waals surface area contributed by atoms with Crippen molar-refractivity contribution in [3.05, 3.63) is 51.0 Å². The lowest BCUT2D eigenvalue weighted by Crippen LogP contribution is -2.17. The van der Waals surface area contributed by atoms with E-state index in [9.17, 15) is 14.9 Å². The first-order chi connectivity index (χ1) is 10.0. The van der Waals surface area contributed by atoms with Crippen molar-refractivity contribution in [3.8, 4) is 0 Å². The highest BCUT2D eigenvalue weighted by Gasteiger charge is 2.19. The van der Waals surface area contributed by atoms with Gasteiger partial charge in [0.25, 0.3) is 11.6 Å². The van der Waals surface area contributed by atoms with Gasteiger partial charge in [-0.1, -0.05) is 6.92 Å². The number of hydrogen-bond donors (Lipinski definition) is 1. The molecule has 0 radical (unpaired) electrons. The summed E-state index contributed by atoms with van der Waals surface area (Å²) in [6.07, 6.45) is 3.73. The van der Waals surface area contributed by atoms with Gasteiger partial charge in [0.1, 0.15) is 10.3 Å². The monoisotopic (exact) mass is 352 g/mol. The van der Waals surface area contributed by atoms with E-state index in [-0.39, 0.29) is 11.4 Å². The van der Waals surface area contributed by atoms with Crippen LogP contribution in [0.4, 0.5) is 11.4 Å². The van der Waals surface area contributed by atoms with E-state index in [0.717, 1.165) is 6.42 Å². The Balaban J connectivity index is 2.30. The summed E-state index contributed by atoms with van der Waals surface area (Å²) < 4.78 is 2.08. The van der Waals surface area contributed by atoms with Crippen LogP contribution in [0.3, 0.4) is 0 Å². The first kappa shape index (κ1) is 15.2. The third-order valence-corrected chi connectivity index (χ3v) is 3.43. The van der Waals surface area contributed by atoms with Crippen LogP contribution in [0.15, 0.2) is 35.2 Å². The molecule has 2 rings (SSSR count). The molecule has 0 aliphatic rings. The molecule has 2 aromatic rings. The summed E-state index contributed by atoms with van der Waals surface area (Å²) in [4.78, 5) is 26.6. The van der Waals surface area contributed by atoms with Crippen LogP contribution in [0.2, 0.25) is 0 Å². The minimum atomic E-state index is -0.511. The molecule has 1 N–H and O–H groups in total. The summed E-state index contributed by atoms with van der Waals surface area (Å²) in [6, 6.07) is 4.65. The number of pyridine rings is 1. The number of carbonyl (C=O) groups is 1. The van der Waals surface area contributed by atoms with Gasteiger partial charge in [-0.2, -0.15) is 0 Å². The number of nitrogens with one attached hydrogen (secondary N) is 1. The van der Waals surface area contributed by atoms with E-state index in [1.54, 1.807) is 22.9 Å². The second-order valence-electron chi connectivity index (χ2n) is 4.33. The molecule has 21 heavy (non-hydrogen) atoms. The molecule has 0 aliphatic carbocycles. The van der Waals surface area contributed by atoms with Crippen LogP contribution in [-0.2, 0) is 6.54 Å². The maximum atomic E-state index is 12.3. The smallest absolute Gasteiger partial charge is 0.287 e. The van der Waals surface area contributed by atoms with Gasteiger partial charge in [0.15, 0.2) is 0 Å². The van der Waals surface area contributed by atoms with E-state index in [2.05, 4.69) is 26.2 Å². The molecule has 0 fully saturated rings. The Morgan fingerprint density at radius 1 is 1.57 bits per heavy atom. The molecule has 0 saturated heterocycles. The van der Waals surface area contributed by atoms with Crippen LogP contribution in [0.25, 0.3) is 0 Å². The Kier molecular flexibility index (Phi) is 4.69. The maximum absolute atomic E-state index is 12.3. The van der Waals surface area contributed by atoms with Crippen molar-refractivity contribution >= 4 is 33.2 Å². The van der Waals surface area contributed by atoms with Gasteiger partial charge in [-0.05, 0) is 34.5 Å². The summed E-state index contributed by atoms with van der Waals surface area (Å²) in [5, 5.41) is 13.5. The number of halogens is 1. The highest BCUT2D eigenvalue weighted by atomic mass is 79.9. The second-order valence-corrected chi connectivity index (χ2v) is 5.08. The topological polar surface area (TPSA) is 90.1 Å². The predicted molar refractivity (Wildman–Crippen MR) is 81.3 cm³/mol. The Labute approximate surface area is 129 Å². The number of nitro groups is 1. The van der Waals surface area contributed by atoms with E-state index in [0.29, 0.717) is 16.8 Å². The number of nitrogens with zero attached hydrogens (tertiary/aromatic N) is 3. The summed E-state index contributed by atoms with van der Waals surface area (Å²) in [6.45, 7) is 2.47. The van der Waals surface area contributed by atoms with E-state index in [1.165, 1.54) is 12.3 Å². The van der Waals surface area contributed by atoms with Gasteiger partial charge in [-0.15, -0.1) is 0 Å². The highest BCUT2D eigenvalue weighted by Crippen LogP contribution is 2.21. The minimum absolute atomic E-state index is 0.0983. The lowest BCUT2D eigenvalue weighted by molar-refractivity contribution is -0.384. The number of rotatable bonds is 5. The van der Waals surface area contributed by atoms with Crippen LogP contribution in [-0.4, -0.2) is 20.4 Å². The Morgan fingerprint density at radius 2 is 2.33 bits per heavy atom. The SMILES string of the molecule is CCCn1cc([N+](=O)[O-])cc1C(=O)Nc1cccnc1Br. The highest BCUT2D eigenvalue weighted by molar-refractivity contribution is 9.10. The number of carbonyl (C=O) groups excluding carboxylic acids is 1. The molecule has 110 valence electrons. The predicted octanol–water partition coefficient (Wildman–Crippen LogP) is 3.22. The lowest BCUT2D eigenvalue weighted by atomic mass is 10.3. The van der Waals surface area contributed by atoms with E-state index >= 15 is 0 Å². The lowest BCUT2D eigenvalue weighted by Gasteiger charge is -2.08. The summed E-state index contributed by atoms with van der Waals surface area (Å²) in [7, 11) is 0. The van der Waals surface area contributed by atoms with Crippen LogP contribution < -0.4 is 5.32 Å². The maximum Gasteiger partial charge on any atom is 0.287 e. The zero-order valence-corrected chi connectivity index (χ0v) is 12.8. The fourth-order valence-corrected chi connectivity index (χ4v) is 2.23. The number of amides is 1. The van der Waals surface area contributed by atoms with Gasteiger partial charge in [-0.25, -0.2) is 4.98 Å². The van der Waals surface area contributed by atoms with Crippen molar-refractivity contribution in [2.24, 2.45) is 0 Å². The average Bonchev–Trinajstić information content (AvgIpc) is 2.86. The standard InChI is InChI=1S/C13H13BrN4O3/c1-2-6-17-8-9(18(20)21)7-11(17)13(19)16-10-4-3-5-15-12(10)14/h3-5,7-8H,2,6H2,1H3,(H,16,19). The second kappa shape index (κ2) is 6.49. The van der Waals surface area contributed by atoms with Gasteiger partial charge < -0.3 is 9.88 Å². The van der Waals surface area contributed by atoms with Gasteiger partial charge in [0.05, 0.1) is 16.8 Å². The molecule has 0 aromatic carbocycles. The van der Waals surface area contributed by atoms with Crippen LogP contribution >= 0.6 is 15.9 Å². The van der Waals surface area contributed by atoms with Gasteiger partial charge in [0, 0.05) is 18.8 Å². The van der Waals surface area contributed by atoms with E-state index in [1.807, 2.05) is 6.92 Å². The quantitative estimate of drug-likeness (QED) is 0.508. The molecular formula is C13H13BrN4O3. The van der Waals surface area contributed by atoms with Crippen molar-refractivity contribution in [1.29, 1.82) is 0 Å². The van der Waals surface area contributed by atoms with Crippen molar-refractivity contribution in [3.63, 3.8) is 0 Å². The first-order valence-corrected chi connectivity index (χ1v) is 7.08. The molecule has 2 aromatic heterocycles. The van der Waals surface area contributed by atoms with Gasteiger partial charge >= 0.3 is 0 Å². The molecule has 1 amide bonds. The summed E-state index contributed by atoms with van der Waals surface area (Å²) >= 11 is 3.23. The van der Waals surface area contributed by atoms with Crippen molar-refractivity contribution in [2.45, 2.75) is 19.9 Å². The molecule has 8 heteroatoms. The van der Waals surface area contributed by atoms with Crippen molar-refractivity contribution in [2.75, 3.05) is 5.32 Å². The minimum Gasteiger partial charge on any atom is -0.337 e. The number of aryl methyl sites for hydroxylation is 1. The molecule has 0 spiro atoms. The van der Waals surface area contributed by atoms with Crippen LogP contribution in [0.1, 0.15) is 23.8 Å². The first-order valence-electron chi connectivity index (χ1n) is 6.29. The third-order valence-electron chi connectivity index (χ3n) is 2.80. The van der Waals surface area contributed by atoms with Crippen LogP contribution in [0.5, 0.6) is 0 Å². The largest absolute Gasteiger partial charge is 0.337 e. The average molecular weight is 353 g/mol. The van der Waals surface area contributed by atoms with Crippen molar-refractivity contribution in [1.82, 2.24) is 9.55 Å². The number of hydrogen-bond acceptors (Lipinski definition) is 4. The van der Waals surface area contributed by atoms with E-state index < -0.39 is 10.8 Å². The zero-order valence-electron chi connectivity index (χ0n) is 11.2. The molecule has 0 unspecified atom stereocenters. The Morgan fingerprint density at radius 3 is 2.95 bits per heavy atom. The van der Waals surface area contributed by atoms with Crippen molar-refractivity contribution < 1.29 is 9.72 Å². The normalized spacial score (nSPS) is 10.4. The third kappa shape index (κ3) is 3.46. The van der Waals surface area contributed by atoms with Gasteiger partial charge in [0.2, 0.25) is 0 Å².